The summed E-state index contributed by atoms with van der Waals surface area (Å²) in [5.41, 5.74) is -0.192. The van der Waals surface area contributed by atoms with Gasteiger partial charge in [0.05, 0.1) is 23.7 Å². The SMILES string of the molecule is CC1CCN(c2nnc(SC(C)C(=O)Nc3cc(F)ccc3F)n2Cc2ccco2)CC1. The third-order valence-electron chi connectivity index (χ3n) is 5.50. The molecule has 1 aliphatic heterocycles. The minimum atomic E-state index is -0.695. The van der Waals surface area contributed by atoms with Gasteiger partial charge in [0.15, 0.2) is 5.16 Å². The van der Waals surface area contributed by atoms with Crippen LogP contribution in [0.5, 0.6) is 0 Å². The van der Waals surface area contributed by atoms with Crippen LogP contribution in [0.25, 0.3) is 0 Å². The Kier molecular flexibility index (Phi) is 6.78. The van der Waals surface area contributed by atoms with E-state index >= 15 is 0 Å². The van der Waals surface area contributed by atoms with Gasteiger partial charge in [-0.1, -0.05) is 18.7 Å². The lowest BCUT2D eigenvalue weighted by Gasteiger charge is -2.31. The molecule has 1 N–H and O–H groups in total. The van der Waals surface area contributed by atoms with Crippen LogP contribution in [0.2, 0.25) is 0 Å². The molecule has 3 aromatic rings. The maximum Gasteiger partial charge on any atom is 0.237 e. The molecule has 3 heterocycles. The summed E-state index contributed by atoms with van der Waals surface area (Å²) in [6, 6.07) is 6.63. The average molecular weight is 462 g/mol. The molecule has 2 aromatic heterocycles. The number of halogens is 2. The first-order chi connectivity index (χ1) is 15.4. The highest BCUT2D eigenvalue weighted by molar-refractivity contribution is 8.00. The van der Waals surface area contributed by atoms with Gasteiger partial charge < -0.3 is 14.6 Å². The fourth-order valence-corrected chi connectivity index (χ4v) is 4.39. The molecule has 1 saturated heterocycles. The summed E-state index contributed by atoms with van der Waals surface area (Å²) in [6.45, 7) is 6.13. The molecule has 1 atom stereocenters. The Morgan fingerprint density at radius 1 is 1.28 bits per heavy atom. The Labute approximate surface area is 189 Å². The molecule has 0 bridgehead atoms. The van der Waals surface area contributed by atoms with Crippen molar-refractivity contribution in [1.82, 2.24) is 14.8 Å². The topological polar surface area (TPSA) is 76.2 Å². The number of thioether (sulfide) groups is 1. The minimum absolute atomic E-state index is 0.192. The number of carbonyl (C=O) groups excluding carboxylic acids is 1. The zero-order chi connectivity index (χ0) is 22.7. The summed E-state index contributed by atoms with van der Waals surface area (Å²) in [6.07, 6.45) is 3.76. The Bertz CT molecular complexity index is 1060. The predicted molar refractivity (Wildman–Crippen MR) is 119 cm³/mol. The van der Waals surface area contributed by atoms with Crippen LogP contribution in [-0.4, -0.2) is 39.0 Å². The first-order valence-corrected chi connectivity index (χ1v) is 11.4. The number of furan rings is 1. The first kappa shape index (κ1) is 22.3. The summed E-state index contributed by atoms with van der Waals surface area (Å²) in [4.78, 5) is 14.8. The highest BCUT2D eigenvalue weighted by Gasteiger charge is 2.26. The fraction of sp³-hybridized carbons (Fsp3) is 0.409. The van der Waals surface area contributed by atoms with Gasteiger partial charge in [0.2, 0.25) is 11.9 Å². The van der Waals surface area contributed by atoms with Gasteiger partial charge in [0.1, 0.15) is 17.4 Å². The quantitative estimate of drug-likeness (QED) is 0.520. The second-order valence-electron chi connectivity index (χ2n) is 7.99. The molecule has 0 radical (unpaired) electrons. The number of carbonyl (C=O) groups is 1. The average Bonchev–Trinajstić information content (AvgIpc) is 3.42. The number of aromatic nitrogens is 3. The van der Waals surface area contributed by atoms with E-state index in [-0.39, 0.29) is 5.69 Å². The lowest BCUT2D eigenvalue weighted by atomic mass is 10.00. The van der Waals surface area contributed by atoms with E-state index in [0.29, 0.717) is 17.6 Å². The number of amides is 1. The smallest absolute Gasteiger partial charge is 0.237 e. The number of nitrogens with zero attached hydrogens (tertiary/aromatic N) is 4. The van der Waals surface area contributed by atoms with Gasteiger partial charge in [-0.3, -0.25) is 9.36 Å². The predicted octanol–water partition coefficient (Wildman–Crippen LogP) is 4.55. The third kappa shape index (κ3) is 5.12. The summed E-state index contributed by atoms with van der Waals surface area (Å²) in [7, 11) is 0. The molecule has 1 fully saturated rings. The van der Waals surface area contributed by atoms with Crippen molar-refractivity contribution < 1.29 is 18.0 Å². The van der Waals surface area contributed by atoms with Crippen molar-refractivity contribution in [2.45, 2.75) is 43.6 Å². The largest absolute Gasteiger partial charge is 0.467 e. The molecule has 0 saturated carbocycles. The summed E-state index contributed by atoms with van der Waals surface area (Å²) >= 11 is 1.21. The lowest BCUT2D eigenvalue weighted by molar-refractivity contribution is -0.115. The number of piperidine rings is 1. The van der Waals surface area contributed by atoms with Crippen molar-refractivity contribution in [2.24, 2.45) is 5.92 Å². The minimum Gasteiger partial charge on any atom is -0.467 e. The van der Waals surface area contributed by atoms with Crippen LogP contribution in [0.1, 0.15) is 32.4 Å². The number of nitrogens with one attached hydrogen (secondary N) is 1. The van der Waals surface area contributed by atoms with Crippen LogP contribution < -0.4 is 10.2 Å². The van der Waals surface area contributed by atoms with Gasteiger partial charge in [0.25, 0.3) is 0 Å². The Balaban J connectivity index is 1.53. The first-order valence-electron chi connectivity index (χ1n) is 10.5. The highest BCUT2D eigenvalue weighted by atomic mass is 32.2. The van der Waals surface area contributed by atoms with Gasteiger partial charge in [0, 0.05) is 19.2 Å². The van der Waals surface area contributed by atoms with E-state index in [1.165, 1.54) is 11.8 Å². The number of rotatable bonds is 7. The fourth-order valence-electron chi connectivity index (χ4n) is 3.55. The molecule has 1 amide bonds. The van der Waals surface area contributed by atoms with Crippen LogP contribution >= 0.6 is 11.8 Å². The van der Waals surface area contributed by atoms with Crippen molar-refractivity contribution in [3.05, 3.63) is 54.0 Å². The number of anilines is 2. The van der Waals surface area contributed by atoms with Crippen LogP contribution in [0.4, 0.5) is 20.4 Å². The molecule has 4 rings (SSSR count). The van der Waals surface area contributed by atoms with Crippen LogP contribution in [0, 0.1) is 17.6 Å². The van der Waals surface area contributed by atoms with E-state index in [1.807, 2.05) is 16.7 Å². The van der Waals surface area contributed by atoms with E-state index in [0.717, 1.165) is 55.8 Å². The van der Waals surface area contributed by atoms with Gasteiger partial charge in [-0.15, -0.1) is 10.2 Å². The van der Waals surface area contributed by atoms with Crippen molar-refractivity contribution in [1.29, 1.82) is 0 Å². The molecule has 10 heteroatoms. The van der Waals surface area contributed by atoms with Gasteiger partial charge in [-0.2, -0.15) is 0 Å². The summed E-state index contributed by atoms with van der Waals surface area (Å²) < 4.78 is 34.8. The van der Waals surface area contributed by atoms with Gasteiger partial charge >= 0.3 is 0 Å². The number of benzene rings is 1. The third-order valence-corrected chi connectivity index (χ3v) is 6.58. The van der Waals surface area contributed by atoms with Crippen molar-refractivity contribution in [3.63, 3.8) is 0 Å². The molecule has 1 aromatic carbocycles. The van der Waals surface area contributed by atoms with Crippen LogP contribution in [0.15, 0.2) is 46.2 Å². The van der Waals surface area contributed by atoms with Crippen molar-refractivity contribution in [3.8, 4) is 0 Å². The van der Waals surface area contributed by atoms with E-state index in [9.17, 15) is 13.6 Å². The molecule has 0 aliphatic carbocycles. The molecule has 1 unspecified atom stereocenters. The Morgan fingerprint density at radius 2 is 2.06 bits per heavy atom. The molecule has 7 nitrogen and oxygen atoms in total. The summed E-state index contributed by atoms with van der Waals surface area (Å²) in [5.74, 6) is 0.380. The lowest BCUT2D eigenvalue weighted by Crippen LogP contribution is -2.35. The second kappa shape index (κ2) is 9.72. The maximum atomic E-state index is 13.9. The zero-order valence-electron chi connectivity index (χ0n) is 17.9. The van der Waals surface area contributed by atoms with Crippen molar-refractivity contribution in [2.75, 3.05) is 23.3 Å². The molecule has 1 aliphatic rings. The molecule has 170 valence electrons. The normalized spacial score (nSPS) is 15.7. The number of hydrogen-bond donors (Lipinski definition) is 1. The maximum absolute atomic E-state index is 13.9. The van der Waals surface area contributed by atoms with E-state index < -0.39 is 22.8 Å². The molecular formula is C22H25F2N5O2S. The number of hydrogen-bond acceptors (Lipinski definition) is 6. The molecular weight excluding hydrogens is 436 g/mol. The highest BCUT2D eigenvalue weighted by Crippen LogP contribution is 2.30. The molecule has 32 heavy (non-hydrogen) atoms. The van der Waals surface area contributed by atoms with Crippen molar-refractivity contribution >= 4 is 29.3 Å². The standard InChI is InChI=1S/C22H25F2N5O2S/c1-14-7-9-28(10-8-14)21-26-27-22(29(21)13-17-4-3-11-31-17)32-15(2)20(30)25-19-12-16(23)5-6-18(19)24/h3-6,11-12,14-15H,7-10,13H2,1-2H3,(H,25,30). The monoisotopic (exact) mass is 461 g/mol. The zero-order valence-corrected chi connectivity index (χ0v) is 18.7. The Morgan fingerprint density at radius 3 is 2.78 bits per heavy atom. The van der Waals surface area contributed by atoms with E-state index in [2.05, 4.69) is 27.3 Å². The van der Waals surface area contributed by atoms with Crippen LogP contribution in [-0.2, 0) is 11.3 Å². The second-order valence-corrected chi connectivity index (χ2v) is 9.30. The van der Waals surface area contributed by atoms with Crippen LogP contribution in [0.3, 0.4) is 0 Å². The van der Waals surface area contributed by atoms with E-state index in [1.54, 1.807) is 13.2 Å². The Hall–Kier alpha value is -2.88. The van der Waals surface area contributed by atoms with Gasteiger partial charge in [-0.05, 0) is 49.9 Å². The van der Waals surface area contributed by atoms with E-state index in [4.69, 9.17) is 4.42 Å². The van der Waals surface area contributed by atoms with Gasteiger partial charge in [-0.25, -0.2) is 8.78 Å². The summed E-state index contributed by atoms with van der Waals surface area (Å²) in [5, 5.41) is 11.1. The molecule has 0 spiro atoms.